The van der Waals surface area contributed by atoms with Crippen LogP contribution in [0.2, 0.25) is 5.02 Å². The molecule has 0 fully saturated rings. The number of para-hydroxylation sites is 1. The second-order valence-corrected chi connectivity index (χ2v) is 9.75. The molecule has 1 aliphatic carbocycles. The zero-order valence-corrected chi connectivity index (χ0v) is 21.6. The number of carboxylic acid groups (broad SMARTS) is 1. The molecular weight excluding hydrogens is 547 g/mol. The fourth-order valence-corrected chi connectivity index (χ4v) is 4.75. The minimum absolute atomic E-state index is 0.0282. The molecule has 1 aliphatic rings. The highest BCUT2D eigenvalue weighted by Crippen LogP contribution is 2.45. The van der Waals surface area contributed by atoms with Gasteiger partial charge in [0.25, 0.3) is 0 Å². The average molecular weight is 568 g/mol. The number of fused-ring (bicyclic) bond motifs is 1. The summed E-state index contributed by atoms with van der Waals surface area (Å²) in [4.78, 5) is 12.5. The number of halogens is 4. The van der Waals surface area contributed by atoms with E-state index in [-0.39, 0.29) is 34.4 Å². The van der Waals surface area contributed by atoms with Crippen LogP contribution in [-0.2, 0) is 11.0 Å². The van der Waals surface area contributed by atoms with E-state index in [4.69, 9.17) is 11.6 Å². The van der Waals surface area contributed by atoms with E-state index in [9.17, 15) is 33.3 Å². The Morgan fingerprint density at radius 1 is 1.07 bits per heavy atom. The molecule has 204 valence electrons. The lowest BCUT2D eigenvalue weighted by Gasteiger charge is -2.25. The van der Waals surface area contributed by atoms with Gasteiger partial charge in [0.15, 0.2) is 5.69 Å². The molecule has 1 aromatic heterocycles. The minimum Gasteiger partial charge on any atom is -0.507 e. The molecule has 40 heavy (non-hydrogen) atoms. The number of carbonyl (C=O) groups is 1. The Morgan fingerprint density at radius 2 is 1.82 bits per heavy atom. The lowest BCUT2D eigenvalue weighted by molar-refractivity contribution is -0.141. The number of carboxylic acids is 1. The van der Waals surface area contributed by atoms with Crippen LogP contribution in [0.15, 0.2) is 89.1 Å². The van der Waals surface area contributed by atoms with Gasteiger partial charge >= 0.3 is 12.1 Å². The van der Waals surface area contributed by atoms with Crippen molar-refractivity contribution in [2.24, 2.45) is 10.2 Å². The predicted molar refractivity (Wildman–Crippen MR) is 144 cm³/mol. The van der Waals surface area contributed by atoms with Gasteiger partial charge in [-0.2, -0.15) is 18.3 Å². The highest BCUT2D eigenvalue weighted by molar-refractivity contribution is 6.31. The number of aromatic nitrogens is 1. The minimum atomic E-state index is -4.66. The van der Waals surface area contributed by atoms with Crippen LogP contribution in [0.3, 0.4) is 0 Å². The second-order valence-electron chi connectivity index (χ2n) is 9.35. The van der Waals surface area contributed by atoms with E-state index in [0.29, 0.717) is 16.2 Å². The van der Waals surface area contributed by atoms with Crippen LogP contribution in [0.5, 0.6) is 11.6 Å². The first-order valence-electron chi connectivity index (χ1n) is 12.0. The van der Waals surface area contributed by atoms with Crippen molar-refractivity contribution in [1.29, 1.82) is 0 Å². The maximum absolute atomic E-state index is 13.6. The monoisotopic (exact) mass is 567 g/mol. The van der Waals surface area contributed by atoms with E-state index in [1.165, 1.54) is 24.3 Å². The van der Waals surface area contributed by atoms with Gasteiger partial charge in [0.1, 0.15) is 5.75 Å². The molecule has 0 radical (unpaired) electrons. The molecule has 0 bridgehead atoms. The zero-order valence-electron chi connectivity index (χ0n) is 20.8. The van der Waals surface area contributed by atoms with E-state index in [0.717, 1.165) is 28.3 Å². The third kappa shape index (κ3) is 4.71. The van der Waals surface area contributed by atoms with Crippen molar-refractivity contribution in [3.8, 4) is 17.3 Å². The fraction of sp³-hybridized carbons (Fsp3) is 0.138. The SMILES string of the molecule is Cc1ccc(-n2c(O)c(N=NC3(C(=O)O)C=CC=C(c4ccccc4O)C3)c3ccc(C(F)(F)F)cc32)cc1Cl. The van der Waals surface area contributed by atoms with Gasteiger partial charge in [-0.15, -0.1) is 5.11 Å². The van der Waals surface area contributed by atoms with E-state index >= 15 is 0 Å². The Hall–Kier alpha value is -4.57. The van der Waals surface area contributed by atoms with Gasteiger partial charge in [-0.1, -0.05) is 48.0 Å². The van der Waals surface area contributed by atoms with E-state index in [2.05, 4.69) is 10.2 Å². The number of phenolic OH excluding ortho intramolecular Hbond substituents is 1. The molecule has 3 aromatic carbocycles. The first-order valence-corrected chi connectivity index (χ1v) is 12.3. The summed E-state index contributed by atoms with van der Waals surface area (Å²) < 4.78 is 41.9. The molecule has 11 heteroatoms. The molecule has 0 amide bonds. The van der Waals surface area contributed by atoms with Crippen molar-refractivity contribution in [2.45, 2.75) is 25.1 Å². The first-order chi connectivity index (χ1) is 18.9. The molecular formula is C29H21ClF3N3O4. The number of aliphatic carboxylic acids is 1. The third-order valence-electron chi connectivity index (χ3n) is 6.74. The lowest BCUT2D eigenvalue weighted by atomic mass is 9.84. The number of benzene rings is 3. The standard InChI is InChI=1S/C29H21ClF3N3O4/c1-16-8-10-19(14-22(16)30)36-23-13-18(29(31,32)33)9-11-21(23)25(26(36)38)34-35-28(27(39)40)12-4-5-17(15-28)20-6-2-3-7-24(20)37/h2-14,37-38H,15H2,1H3,(H,39,40). The summed E-state index contributed by atoms with van der Waals surface area (Å²) in [6.45, 7) is 1.75. The number of alkyl halides is 3. The Labute approximate surface area is 230 Å². The predicted octanol–water partition coefficient (Wildman–Crippen LogP) is 7.97. The molecule has 4 aromatic rings. The number of rotatable bonds is 5. The maximum atomic E-state index is 13.6. The maximum Gasteiger partial charge on any atom is 0.416 e. The van der Waals surface area contributed by atoms with Crippen LogP contribution in [0.25, 0.3) is 22.2 Å². The van der Waals surface area contributed by atoms with Crippen molar-refractivity contribution in [1.82, 2.24) is 4.57 Å². The van der Waals surface area contributed by atoms with Gasteiger partial charge in [-0.25, -0.2) is 4.79 Å². The molecule has 5 rings (SSSR count). The molecule has 3 N–H and O–H groups in total. The van der Waals surface area contributed by atoms with Gasteiger partial charge < -0.3 is 15.3 Å². The van der Waals surface area contributed by atoms with Gasteiger partial charge in [-0.3, -0.25) is 4.57 Å². The topological polar surface area (TPSA) is 107 Å². The molecule has 0 saturated heterocycles. The van der Waals surface area contributed by atoms with Gasteiger partial charge in [-0.05, 0) is 60.5 Å². The molecule has 0 saturated carbocycles. The van der Waals surface area contributed by atoms with Crippen molar-refractivity contribution in [3.05, 3.63) is 101 Å². The quantitative estimate of drug-likeness (QED) is 0.212. The molecule has 1 atom stereocenters. The number of aromatic hydroxyl groups is 2. The summed E-state index contributed by atoms with van der Waals surface area (Å²) in [5.41, 5.74) is -1.21. The summed E-state index contributed by atoms with van der Waals surface area (Å²) in [6, 6.07) is 14.0. The van der Waals surface area contributed by atoms with Crippen molar-refractivity contribution in [2.75, 3.05) is 0 Å². The molecule has 7 nitrogen and oxygen atoms in total. The van der Waals surface area contributed by atoms with Gasteiger partial charge in [0.2, 0.25) is 11.4 Å². The van der Waals surface area contributed by atoms with Crippen LogP contribution in [0, 0.1) is 6.92 Å². The highest BCUT2D eigenvalue weighted by Gasteiger charge is 2.40. The van der Waals surface area contributed by atoms with Crippen molar-refractivity contribution >= 4 is 39.7 Å². The van der Waals surface area contributed by atoms with Gasteiger partial charge in [0.05, 0.1) is 16.8 Å². The van der Waals surface area contributed by atoms with E-state index in [1.54, 1.807) is 43.3 Å². The van der Waals surface area contributed by atoms with Gasteiger partial charge in [0, 0.05) is 22.4 Å². The van der Waals surface area contributed by atoms with Crippen molar-refractivity contribution in [3.63, 3.8) is 0 Å². The first kappa shape index (κ1) is 27.0. The highest BCUT2D eigenvalue weighted by atomic mass is 35.5. The summed E-state index contributed by atoms with van der Waals surface area (Å²) in [7, 11) is 0. The number of azo groups is 1. The Morgan fingerprint density at radius 3 is 2.50 bits per heavy atom. The number of hydrogen-bond donors (Lipinski definition) is 3. The normalized spacial score (nSPS) is 17.5. The van der Waals surface area contributed by atoms with Crippen LogP contribution in [0.4, 0.5) is 18.9 Å². The van der Waals surface area contributed by atoms with Crippen LogP contribution in [-0.4, -0.2) is 31.4 Å². The van der Waals surface area contributed by atoms with Crippen LogP contribution < -0.4 is 0 Å². The number of phenols is 1. The second kappa shape index (κ2) is 9.87. The van der Waals surface area contributed by atoms with Crippen molar-refractivity contribution < 1.29 is 33.3 Å². The summed E-state index contributed by atoms with van der Waals surface area (Å²) in [5, 5.41) is 40.3. The zero-order chi connectivity index (χ0) is 28.8. The number of aryl methyl sites for hydroxylation is 1. The molecule has 0 spiro atoms. The van der Waals surface area contributed by atoms with E-state index in [1.807, 2.05) is 0 Å². The number of hydrogen-bond acceptors (Lipinski definition) is 5. The molecule has 1 heterocycles. The Bertz CT molecular complexity index is 1760. The summed E-state index contributed by atoms with van der Waals surface area (Å²) >= 11 is 6.26. The lowest BCUT2D eigenvalue weighted by Crippen LogP contribution is -2.35. The Kier molecular flexibility index (Phi) is 6.67. The summed E-state index contributed by atoms with van der Waals surface area (Å²) in [6.07, 6.45) is -0.386. The fourth-order valence-electron chi connectivity index (χ4n) is 4.57. The molecule has 0 aliphatic heterocycles. The molecule has 1 unspecified atom stereocenters. The summed E-state index contributed by atoms with van der Waals surface area (Å²) in [5.74, 6) is -1.94. The van der Waals surface area contributed by atoms with E-state index < -0.39 is 29.1 Å². The largest absolute Gasteiger partial charge is 0.507 e. The van der Waals surface area contributed by atoms with Crippen LogP contribution >= 0.6 is 11.6 Å². The number of nitrogens with zero attached hydrogens (tertiary/aromatic N) is 3. The Balaban J connectivity index is 1.66. The average Bonchev–Trinajstić information content (AvgIpc) is 3.19. The smallest absolute Gasteiger partial charge is 0.416 e. The van der Waals surface area contributed by atoms with Crippen LogP contribution in [0.1, 0.15) is 23.1 Å². The third-order valence-corrected chi connectivity index (χ3v) is 7.14. The number of allylic oxidation sites excluding steroid dienone is 2.